The smallest absolute Gasteiger partial charge is 0.162 e. The Morgan fingerprint density at radius 2 is 1.81 bits per heavy atom. The second-order valence-electron chi connectivity index (χ2n) is 3.80. The second-order valence-corrected chi connectivity index (χ2v) is 3.80. The molecule has 0 fully saturated rings. The molecule has 0 radical (unpaired) electrons. The van der Waals surface area contributed by atoms with E-state index in [2.05, 4.69) is 11.4 Å². The van der Waals surface area contributed by atoms with Gasteiger partial charge in [-0.1, -0.05) is 25.1 Å². The van der Waals surface area contributed by atoms with E-state index in [1.807, 2.05) is 44.3 Å². The third kappa shape index (κ3) is 1.91. The molecule has 2 aromatic carbocycles. The summed E-state index contributed by atoms with van der Waals surface area (Å²) < 4.78 is 0. The molecule has 2 heteroatoms. The van der Waals surface area contributed by atoms with E-state index < -0.39 is 0 Å². The molecule has 0 saturated carbocycles. The summed E-state index contributed by atoms with van der Waals surface area (Å²) in [6.07, 6.45) is 0.556. The van der Waals surface area contributed by atoms with Crippen LogP contribution in [0.15, 0.2) is 36.4 Å². The lowest BCUT2D eigenvalue weighted by Crippen LogP contribution is -1.96. The van der Waals surface area contributed by atoms with E-state index in [1.54, 1.807) is 0 Å². The quantitative estimate of drug-likeness (QED) is 0.791. The fourth-order valence-electron chi connectivity index (χ4n) is 1.78. The predicted octanol–water partition coefficient (Wildman–Crippen LogP) is 3.47. The molecule has 0 amide bonds. The third-order valence-electron chi connectivity index (χ3n) is 2.77. The maximum absolute atomic E-state index is 11.6. The van der Waals surface area contributed by atoms with Crippen LogP contribution in [-0.2, 0) is 0 Å². The zero-order valence-electron chi connectivity index (χ0n) is 9.58. The van der Waals surface area contributed by atoms with Gasteiger partial charge in [0.05, 0.1) is 0 Å². The van der Waals surface area contributed by atoms with Gasteiger partial charge < -0.3 is 5.32 Å². The monoisotopic (exact) mass is 213 g/mol. The van der Waals surface area contributed by atoms with Crippen LogP contribution in [-0.4, -0.2) is 12.8 Å². The molecular formula is C14H15NO. The van der Waals surface area contributed by atoms with Crippen molar-refractivity contribution in [3.8, 4) is 0 Å². The highest BCUT2D eigenvalue weighted by molar-refractivity contribution is 6.00. The van der Waals surface area contributed by atoms with Gasteiger partial charge in [-0.15, -0.1) is 0 Å². The Balaban J connectivity index is 2.51. The van der Waals surface area contributed by atoms with Gasteiger partial charge in [0.1, 0.15) is 0 Å². The first-order valence-electron chi connectivity index (χ1n) is 5.49. The minimum atomic E-state index is 0.194. The molecule has 82 valence electrons. The molecule has 2 nitrogen and oxygen atoms in total. The number of ketones is 1. The van der Waals surface area contributed by atoms with Crippen LogP contribution < -0.4 is 5.32 Å². The highest BCUT2D eigenvalue weighted by Gasteiger charge is 2.03. The number of carbonyl (C=O) groups is 1. The van der Waals surface area contributed by atoms with Crippen LogP contribution in [0.25, 0.3) is 10.8 Å². The molecule has 0 aliphatic rings. The van der Waals surface area contributed by atoms with Gasteiger partial charge in [0, 0.05) is 24.7 Å². The molecule has 0 aliphatic heterocycles. The Morgan fingerprint density at radius 1 is 1.12 bits per heavy atom. The van der Waals surface area contributed by atoms with Crippen molar-refractivity contribution in [1.82, 2.24) is 0 Å². The highest BCUT2D eigenvalue weighted by Crippen LogP contribution is 2.20. The summed E-state index contributed by atoms with van der Waals surface area (Å²) in [5.41, 5.74) is 1.88. The van der Waals surface area contributed by atoms with Gasteiger partial charge in [-0.2, -0.15) is 0 Å². The lowest BCUT2D eigenvalue weighted by Gasteiger charge is -2.04. The molecular weight excluding hydrogens is 198 g/mol. The Morgan fingerprint density at radius 3 is 2.50 bits per heavy atom. The lowest BCUT2D eigenvalue weighted by atomic mass is 10.0. The van der Waals surface area contributed by atoms with E-state index in [0.29, 0.717) is 6.42 Å². The number of carbonyl (C=O) groups excluding carboxylic acids is 1. The Labute approximate surface area is 95.3 Å². The summed E-state index contributed by atoms with van der Waals surface area (Å²) in [5, 5.41) is 5.36. The predicted molar refractivity (Wildman–Crippen MR) is 68.1 cm³/mol. The van der Waals surface area contributed by atoms with Gasteiger partial charge in [-0.3, -0.25) is 4.79 Å². The maximum atomic E-state index is 11.6. The number of hydrogen-bond donors (Lipinski definition) is 1. The van der Waals surface area contributed by atoms with Crippen molar-refractivity contribution in [2.45, 2.75) is 13.3 Å². The van der Waals surface area contributed by atoms with Crippen LogP contribution >= 0.6 is 0 Å². The Bertz CT molecular complexity index is 531. The number of Topliss-reactive ketones (excluding diaryl/α,β-unsaturated/α-hetero) is 1. The van der Waals surface area contributed by atoms with Crippen LogP contribution in [0.5, 0.6) is 0 Å². The molecule has 0 aliphatic carbocycles. The molecule has 2 rings (SSSR count). The third-order valence-corrected chi connectivity index (χ3v) is 2.77. The van der Waals surface area contributed by atoms with Crippen LogP contribution in [0.1, 0.15) is 23.7 Å². The average molecular weight is 213 g/mol. The Kier molecular flexibility index (Phi) is 2.91. The zero-order chi connectivity index (χ0) is 11.5. The number of hydrogen-bond acceptors (Lipinski definition) is 2. The summed E-state index contributed by atoms with van der Waals surface area (Å²) in [6.45, 7) is 1.89. The normalized spacial score (nSPS) is 10.4. The van der Waals surface area contributed by atoms with Gasteiger partial charge in [-0.25, -0.2) is 0 Å². The Hall–Kier alpha value is -1.83. The first kappa shape index (κ1) is 10.7. The molecule has 0 heterocycles. The SMILES string of the molecule is CCC(=O)c1ccc2cc(NC)ccc2c1. The summed E-state index contributed by atoms with van der Waals surface area (Å²) in [7, 11) is 1.90. The van der Waals surface area contributed by atoms with E-state index in [1.165, 1.54) is 0 Å². The largest absolute Gasteiger partial charge is 0.388 e. The van der Waals surface area contributed by atoms with Crippen molar-refractivity contribution in [3.05, 3.63) is 42.0 Å². The maximum Gasteiger partial charge on any atom is 0.162 e. The van der Waals surface area contributed by atoms with E-state index >= 15 is 0 Å². The number of rotatable bonds is 3. The first-order valence-corrected chi connectivity index (χ1v) is 5.49. The van der Waals surface area contributed by atoms with Crippen molar-refractivity contribution in [2.24, 2.45) is 0 Å². The highest BCUT2D eigenvalue weighted by atomic mass is 16.1. The molecule has 0 unspecified atom stereocenters. The summed E-state index contributed by atoms with van der Waals surface area (Å²) >= 11 is 0. The minimum absolute atomic E-state index is 0.194. The summed E-state index contributed by atoms with van der Waals surface area (Å²) in [6, 6.07) is 12.0. The number of nitrogens with one attached hydrogen (secondary N) is 1. The molecule has 1 N–H and O–H groups in total. The number of benzene rings is 2. The van der Waals surface area contributed by atoms with Gasteiger partial charge >= 0.3 is 0 Å². The molecule has 0 saturated heterocycles. The fourth-order valence-corrected chi connectivity index (χ4v) is 1.78. The van der Waals surface area contributed by atoms with Crippen molar-refractivity contribution < 1.29 is 4.79 Å². The molecule has 16 heavy (non-hydrogen) atoms. The van der Waals surface area contributed by atoms with Gasteiger partial charge in [0.2, 0.25) is 0 Å². The molecule has 0 atom stereocenters. The molecule has 2 aromatic rings. The van der Waals surface area contributed by atoms with E-state index in [4.69, 9.17) is 0 Å². The lowest BCUT2D eigenvalue weighted by molar-refractivity contribution is 0.0988. The molecule has 0 aromatic heterocycles. The topological polar surface area (TPSA) is 29.1 Å². The van der Waals surface area contributed by atoms with E-state index in [-0.39, 0.29) is 5.78 Å². The van der Waals surface area contributed by atoms with Crippen molar-refractivity contribution in [3.63, 3.8) is 0 Å². The van der Waals surface area contributed by atoms with Crippen molar-refractivity contribution in [2.75, 3.05) is 12.4 Å². The molecule has 0 bridgehead atoms. The van der Waals surface area contributed by atoms with Gasteiger partial charge in [0.25, 0.3) is 0 Å². The van der Waals surface area contributed by atoms with Crippen LogP contribution in [0.4, 0.5) is 5.69 Å². The summed E-state index contributed by atoms with van der Waals surface area (Å²) in [5.74, 6) is 0.194. The standard InChI is InChI=1S/C14H15NO/c1-3-14(16)12-5-4-11-9-13(15-2)7-6-10(11)8-12/h4-9,15H,3H2,1-2H3. The molecule has 0 spiro atoms. The number of anilines is 1. The summed E-state index contributed by atoms with van der Waals surface area (Å²) in [4.78, 5) is 11.6. The van der Waals surface area contributed by atoms with Crippen LogP contribution in [0.3, 0.4) is 0 Å². The van der Waals surface area contributed by atoms with Crippen molar-refractivity contribution in [1.29, 1.82) is 0 Å². The average Bonchev–Trinajstić information content (AvgIpc) is 2.36. The van der Waals surface area contributed by atoms with E-state index in [9.17, 15) is 4.79 Å². The second kappa shape index (κ2) is 4.35. The van der Waals surface area contributed by atoms with Crippen molar-refractivity contribution >= 4 is 22.2 Å². The van der Waals surface area contributed by atoms with Crippen LogP contribution in [0, 0.1) is 0 Å². The number of fused-ring (bicyclic) bond motifs is 1. The zero-order valence-corrected chi connectivity index (χ0v) is 9.58. The van der Waals surface area contributed by atoms with Gasteiger partial charge in [0.15, 0.2) is 5.78 Å². The fraction of sp³-hybridized carbons (Fsp3) is 0.214. The first-order chi connectivity index (χ1) is 7.74. The van der Waals surface area contributed by atoms with E-state index in [0.717, 1.165) is 22.0 Å². The van der Waals surface area contributed by atoms with Crippen LogP contribution in [0.2, 0.25) is 0 Å². The van der Waals surface area contributed by atoms with Gasteiger partial charge in [-0.05, 0) is 29.0 Å². The minimum Gasteiger partial charge on any atom is -0.388 e.